The predicted octanol–water partition coefficient (Wildman–Crippen LogP) is 4.65. The number of H-pyrrole nitrogens is 1. The minimum absolute atomic E-state index is 0.0503. The van der Waals surface area contributed by atoms with Crippen LogP contribution < -0.4 is 5.32 Å². The van der Waals surface area contributed by atoms with Crippen molar-refractivity contribution in [2.45, 2.75) is 19.1 Å². The summed E-state index contributed by atoms with van der Waals surface area (Å²) in [6.07, 6.45) is -2.90. The number of thioether (sulfide) groups is 1. The van der Waals surface area contributed by atoms with Crippen LogP contribution in [0.1, 0.15) is 21.5 Å². The molecule has 1 aliphatic heterocycles. The van der Waals surface area contributed by atoms with Gasteiger partial charge in [0.05, 0.1) is 17.0 Å². The molecule has 1 unspecified atom stereocenters. The number of carbonyl (C=O) groups excluding carboxylic acids is 2. The fourth-order valence-corrected chi connectivity index (χ4v) is 4.65. The van der Waals surface area contributed by atoms with Crippen LogP contribution in [0.15, 0.2) is 48.7 Å². The lowest BCUT2D eigenvalue weighted by Gasteiger charge is -2.23. The number of para-hydroxylation sites is 1. The number of hydrogen-bond donors (Lipinski definition) is 2. The number of aromatic nitrogens is 1. The standard InChI is InChI=1S/C21H18F3N3O2S/c1-12-6-7-13(8-16(12)21(22,23)24)26-19(28)18-10-30-11-27(18)20(29)15-9-25-17-5-3-2-4-14(15)17/h2-9,18,25H,10-11H2,1H3,(H,26,28). The third-order valence-electron chi connectivity index (χ3n) is 5.08. The zero-order valence-corrected chi connectivity index (χ0v) is 16.7. The highest BCUT2D eigenvalue weighted by Crippen LogP contribution is 2.34. The highest BCUT2D eigenvalue weighted by atomic mass is 32.2. The SMILES string of the molecule is Cc1ccc(NC(=O)C2CSCN2C(=O)c2c[nH]c3ccccc23)cc1C(F)(F)F. The fraction of sp³-hybridized carbons (Fsp3) is 0.238. The summed E-state index contributed by atoms with van der Waals surface area (Å²) in [4.78, 5) is 30.4. The molecule has 2 amide bonds. The van der Waals surface area contributed by atoms with Crippen LogP contribution in [0.5, 0.6) is 0 Å². The van der Waals surface area contributed by atoms with E-state index in [-0.39, 0.29) is 17.2 Å². The van der Waals surface area contributed by atoms with E-state index in [4.69, 9.17) is 0 Å². The van der Waals surface area contributed by atoms with Gasteiger partial charge in [-0.1, -0.05) is 24.3 Å². The maximum absolute atomic E-state index is 13.1. The summed E-state index contributed by atoms with van der Waals surface area (Å²) in [7, 11) is 0. The molecule has 2 aromatic carbocycles. The van der Waals surface area contributed by atoms with Gasteiger partial charge in [0.1, 0.15) is 6.04 Å². The van der Waals surface area contributed by atoms with Gasteiger partial charge < -0.3 is 15.2 Å². The van der Waals surface area contributed by atoms with Crippen molar-refractivity contribution in [1.29, 1.82) is 0 Å². The largest absolute Gasteiger partial charge is 0.416 e. The molecule has 0 bridgehead atoms. The summed E-state index contributed by atoms with van der Waals surface area (Å²) < 4.78 is 39.4. The number of nitrogens with zero attached hydrogens (tertiary/aromatic N) is 1. The molecule has 3 aromatic rings. The number of fused-ring (bicyclic) bond motifs is 1. The Morgan fingerprint density at radius 1 is 1.20 bits per heavy atom. The number of rotatable bonds is 3. The molecule has 1 atom stereocenters. The van der Waals surface area contributed by atoms with Crippen LogP contribution >= 0.6 is 11.8 Å². The molecule has 30 heavy (non-hydrogen) atoms. The molecule has 0 spiro atoms. The van der Waals surface area contributed by atoms with Crippen LogP contribution in [-0.4, -0.2) is 39.4 Å². The van der Waals surface area contributed by atoms with Gasteiger partial charge in [-0.15, -0.1) is 11.8 Å². The first-order valence-corrected chi connectivity index (χ1v) is 10.3. The number of amides is 2. The number of aryl methyl sites for hydroxylation is 1. The van der Waals surface area contributed by atoms with Crippen LogP contribution in [0.4, 0.5) is 18.9 Å². The fourth-order valence-electron chi connectivity index (χ4n) is 3.49. The zero-order valence-electron chi connectivity index (χ0n) is 15.9. The second-order valence-electron chi connectivity index (χ2n) is 7.06. The first-order chi connectivity index (χ1) is 14.3. The van der Waals surface area contributed by atoms with E-state index >= 15 is 0 Å². The van der Waals surface area contributed by atoms with Crippen molar-refractivity contribution in [1.82, 2.24) is 9.88 Å². The Morgan fingerprint density at radius 3 is 2.73 bits per heavy atom. The molecule has 9 heteroatoms. The van der Waals surface area contributed by atoms with Gasteiger partial charge in [0.2, 0.25) is 5.91 Å². The molecule has 0 aliphatic carbocycles. The Kier molecular flexibility index (Phi) is 5.23. The van der Waals surface area contributed by atoms with Crippen molar-refractivity contribution < 1.29 is 22.8 Å². The maximum atomic E-state index is 13.1. The van der Waals surface area contributed by atoms with Gasteiger partial charge in [-0.25, -0.2) is 0 Å². The van der Waals surface area contributed by atoms with Crippen LogP contribution in [0, 0.1) is 6.92 Å². The van der Waals surface area contributed by atoms with Crippen molar-refractivity contribution >= 4 is 40.2 Å². The molecule has 0 radical (unpaired) electrons. The van der Waals surface area contributed by atoms with E-state index in [0.717, 1.165) is 17.0 Å². The molecule has 1 saturated heterocycles. The van der Waals surface area contributed by atoms with E-state index in [9.17, 15) is 22.8 Å². The van der Waals surface area contributed by atoms with Crippen molar-refractivity contribution in [3.8, 4) is 0 Å². The van der Waals surface area contributed by atoms with E-state index in [1.165, 1.54) is 35.7 Å². The average molecular weight is 433 g/mol. The normalized spacial score (nSPS) is 16.8. The molecule has 5 nitrogen and oxygen atoms in total. The molecular formula is C21H18F3N3O2S. The molecule has 1 fully saturated rings. The van der Waals surface area contributed by atoms with E-state index in [1.807, 2.05) is 24.3 Å². The van der Waals surface area contributed by atoms with Crippen LogP contribution in [0.25, 0.3) is 10.9 Å². The number of benzene rings is 2. The Labute approximate surface area is 174 Å². The molecule has 1 aromatic heterocycles. The Bertz CT molecular complexity index is 1130. The summed E-state index contributed by atoms with van der Waals surface area (Å²) in [6.45, 7) is 1.36. The molecule has 156 valence electrons. The van der Waals surface area contributed by atoms with Gasteiger partial charge in [-0.05, 0) is 30.7 Å². The second kappa shape index (κ2) is 7.71. The van der Waals surface area contributed by atoms with Crippen molar-refractivity contribution in [3.63, 3.8) is 0 Å². The first kappa shape index (κ1) is 20.3. The van der Waals surface area contributed by atoms with Gasteiger partial charge in [-0.2, -0.15) is 13.2 Å². The van der Waals surface area contributed by atoms with Crippen molar-refractivity contribution in [3.05, 3.63) is 65.4 Å². The topological polar surface area (TPSA) is 65.2 Å². The van der Waals surface area contributed by atoms with Gasteiger partial charge in [0, 0.05) is 28.5 Å². The molecular weight excluding hydrogens is 415 g/mol. The summed E-state index contributed by atoms with van der Waals surface area (Å²) in [5.74, 6) is -0.0987. The number of nitrogens with one attached hydrogen (secondary N) is 2. The lowest BCUT2D eigenvalue weighted by atomic mass is 10.1. The van der Waals surface area contributed by atoms with Gasteiger partial charge in [0.15, 0.2) is 0 Å². The van der Waals surface area contributed by atoms with Crippen LogP contribution in [-0.2, 0) is 11.0 Å². The zero-order chi connectivity index (χ0) is 21.5. The summed E-state index contributed by atoms with van der Waals surface area (Å²) in [5.41, 5.74) is 0.601. The Morgan fingerprint density at radius 2 is 1.97 bits per heavy atom. The van der Waals surface area contributed by atoms with Gasteiger partial charge in [-0.3, -0.25) is 9.59 Å². The summed E-state index contributed by atoms with van der Waals surface area (Å²) >= 11 is 1.42. The average Bonchev–Trinajstić information content (AvgIpc) is 3.35. The molecule has 2 heterocycles. The van der Waals surface area contributed by atoms with E-state index in [0.29, 0.717) is 17.2 Å². The molecule has 0 saturated carbocycles. The molecule has 2 N–H and O–H groups in total. The number of aromatic amines is 1. The molecule has 1 aliphatic rings. The molecule has 4 rings (SSSR count). The summed E-state index contributed by atoms with van der Waals surface area (Å²) in [6, 6.07) is 10.2. The Balaban J connectivity index is 1.55. The number of halogens is 3. The van der Waals surface area contributed by atoms with Crippen molar-refractivity contribution in [2.75, 3.05) is 16.9 Å². The smallest absolute Gasteiger partial charge is 0.360 e. The quantitative estimate of drug-likeness (QED) is 0.632. The van der Waals surface area contributed by atoms with Gasteiger partial charge in [0.25, 0.3) is 5.91 Å². The Hall–Kier alpha value is -2.94. The minimum atomic E-state index is -4.51. The second-order valence-corrected chi connectivity index (χ2v) is 8.06. The first-order valence-electron chi connectivity index (χ1n) is 9.19. The monoisotopic (exact) mass is 433 g/mol. The highest BCUT2D eigenvalue weighted by molar-refractivity contribution is 7.99. The maximum Gasteiger partial charge on any atom is 0.416 e. The lowest BCUT2D eigenvalue weighted by molar-refractivity contribution is -0.138. The summed E-state index contributed by atoms with van der Waals surface area (Å²) in [5, 5.41) is 3.29. The predicted molar refractivity (Wildman–Crippen MR) is 110 cm³/mol. The van der Waals surface area contributed by atoms with Crippen LogP contribution in [0.2, 0.25) is 0 Å². The van der Waals surface area contributed by atoms with Crippen LogP contribution in [0.3, 0.4) is 0 Å². The third-order valence-corrected chi connectivity index (χ3v) is 6.09. The number of hydrogen-bond acceptors (Lipinski definition) is 3. The van der Waals surface area contributed by atoms with Crippen molar-refractivity contribution in [2.24, 2.45) is 0 Å². The lowest BCUT2D eigenvalue weighted by Crippen LogP contribution is -2.44. The number of carbonyl (C=O) groups is 2. The van der Waals surface area contributed by atoms with E-state index in [2.05, 4.69) is 10.3 Å². The number of anilines is 1. The van der Waals surface area contributed by atoms with E-state index in [1.54, 1.807) is 6.20 Å². The van der Waals surface area contributed by atoms with E-state index < -0.39 is 23.7 Å². The highest BCUT2D eigenvalue weighted by Gasteiger charge is 2.37. The van der Waals surface area contributed by atoms with Gasteiger partial charge >= 0.3 is 6.18 Å². The number of alkyl halides is 3. The minimum Gasteiger partial charge on any atom is -0.360 e. The third kappa shape index (κ3) is 3.77.